The third-order valence-electron chi connectivity index (χ3n) is 8.75. The van der Waals surface area contributed by atoms with Gasteiger partial charge in [-0.05, 0) is 66.3 Å². The fraction of sp³-hybridized carbons (Fsp3) is 0.361. The first-order valence-electron chi connectivity index (χ1n) is 16.6. The van der Waals surface area contributed by atoms with Crippen molar-refractivity contribution in [1.82, 2.24) is 20.0 Å². The molecule has 2 saturated heterocycles. The monoisotopic (exact) mass is 761 g/mol. The number of sulfonamides is 1. The second-order valence-electron chi connectivity index (χ2n) is 12.4. The number of aromatic nitrogens is 2. The third-order valence-corrected chi connectivity index (χ3v) is 9.99. The second kappa shape index (κ2) is 17.4. The number of halogens is 4. The lowest BCUT2D eigenvalue weighted by Crippen LogP contribution is -2.38. The van der Waals surface area contributed by atoms with Gasteiger partial charge in [-0.15, -0.1) is 22.6 Å². The van der Waals surface area contributed by atoms with Gasteiger partial charge < -0.3 is 19.1 Å². The number of anilines is 1. The average Bonchev–Trinajstić information content (AvgIpc) is 3.13. The molecule has 6 rings (SSSR count). The Morgan fingerprint density at radius 1 is 0.904 bits per heavy atom. The van der Waals surface area contributed by atoms with Crippen molar-refractivity contribution in [2.45, 2.75) is 30.7 Å². The molecule has 4 aromatic rings. The number of amides is 1. The minimum absolute atomic E-state index is 0. The van der Waals surface area contributed by atoms with E-state index in [1.807, 2.05) is 18.2 Å². The molecule has 0 unspecified atom stereocenters. The lowest BCUT2D eigenvalue weighted by Gasteiger charge is -2.32. The molecule has 0 radical (unpaired) electrons. The molecule has 1 aromatic heterocycles. The number of benzene rings is 3. The topological polar surface area (TPSA) is 123 Å². The van der Waals surface area contributed by atoms with Crippen LogP contribution in [0.15, 0.2) is 84.9 Å². The van der Waals surface area contributed by atoms with Crippen LogP contribution in [0, 0.1) is 0 Å². The maximum absolute atomic E-state index is 13.7. The van der Waals surface area contributed by atoms with E-state index in [1.54, 1.807) is 59.5 Å². The number of piperidine rings is 1. The summed E-state index contributed by atoms with van der Waals surface area (Å²) >= 11 is 0. The largest absolute Gasteiger partial charge is 0.490 e. The van der Waals surface area contributed by atoms with Crippen LogP contribution in [0.2, 0.25) is 0 Å². The maximum Gasteiger partial charge on any atom is 0.435 e. The standard InChI is InChI=1S/C36H38F3N5O6S.ClH/c37-36(38,39)33-12-13-34(41-40-33)50-30-9-6-27(7-10-30)28-14-16-44(17-15-28)35(45)29-8-11-32(49-23-20-43-18-21-48-22-19-43)31(24-29)42-51(46,47)25-26-4-2-1-3-5-26;/h1-13,24,28,42H,14-23,25H2;1H. The highest BCUT2D eigenvalue weighted by molar-refractivity contribution is 7.91. The van der Waals surface area contributed by atoms with Crippen LogP contribution in [0.1, 0.15) is 45.9 Å². The normalized spacial score (nSPS) is 15.8. The van der Waals surface area contributed by atoms with Crippen molar-refractivity contribution in [1.29, 1.82) is 0 Å². The van der Waals surface area contributed by atoms with E-state index in [4.69, 9.17) is 14.2 Å². The van der Waals surface area contributed by atoms with Crippen molar-refractivity contribution in [3.63, 3.8) is 0 Å². The number of ether oxygens (including phenoxy) is 3. The highest BCUT2D eigenvalue weighted by Crippen LogP contribution is 2.33. The molecule has 0 bridgehead atoms. The van der Waals surface area contributed by atoms with Gasteiger partial charge in [0.2, 0.25) is 15.9 Å². The minimum atomic E-state index is -4.58. The van der Waals surface area contributed by atoms with Gasteiger partial charge in [0.05, 0.1) is 24.7 Å². The van der Waals surface area contributed by atoms with Gasteiger partial charge in [0.15, 0.2) is 5.69 Å². The van der Waals surface area contributed by atoms with Crippen molar-refractivity contribution in [2.24, 2.45) is 0 Å². The molecule has 0 saturated carbocycles. The summed E-state index contributed by atoms with van der Waals surface area (Å²) in [6, 6.07) is 22.8. The van der Waals surface area contributed by atoms with Gasteiger partial charge in [-0.25, -0.2) is 8.42 Å². The number of hydrogen-bond acceptors (Lipinski definition) is 9. The predicted octanol–water partition coefficient (Wildman–Crippen LogP) is 6.38. The fourth-order valence-electron chi connectivity index (χ4n) is 6.03. The molecular weight excluding hydrogens is 723 g/mol. The fourth-order valence-corrected chi connectivity index (χ4v) is 7.23. The van der Waals surface area contributed by atoms with Crippen LogP contribution in [-0.4, -0.2) is 86.9 Å². The molecule has 3 heterocycles. The Labute approximate surface area is 306 Å². The summed E-state index contributed by atoms with van der Waals surface area (Å²) < 4.78 is 84.4. The molecule has 3 aromatic carbocycles. The van der Waals surface area contributed by atoms with Gasteiger partial charge in [-0.1, -0.05) is 42.5 Å². The molecule has 2 aliphatic rings. The quantitative estimate of drug-likeness (QED) is 0.175. The molecule has 0 aliphatic carbocycles. The Balaban J connectivity index is 0.00000523. The van der Waals surface area contributed by atoms with Gasteiger partial charge in [-0.3, -0.25) is 14.4 Å². The molecule has 11 nitrogen and oxygen atoms in total. The van der Waals surface area contributed by atoms with Gasteiger partial charge in [0, 0.05) is 44.4 Å². The summed E-state index contributed by atoms with van der Waals surface area (Å²) in [5, 5.41) is 6.68. The molecule has 2 aliphatic heterocycles. The molecule has 2 fully saturated rings. The molecule has 278 valence electrons. The van der Waals surface area contributed by atoms with E-state index < -0.39 is 21.9 Å². The van der Waals surface area contributed by atoms with Crippen molar-refractivity contribution in [3.05, 3.63) is 107 Å². The second-order valence-corrected chi connectivity index (χ2v) is 14.1. The van der Waals surface area contributed by atoms with Crippen molar-refractivity contribution < 1.29 is 40.6 Å². The number of likely N-dealkylation sites (tertiary alicyclic amines) is 1. The smallest absolute Gasteiger partial charge is 0.435 e. The lowest BCUT2D eigenvalue weighted by atomic mass is 9.89. The first kappa shape index (κ1) is 38.8. The summed E-state index contributed by atoms with van der Waals surface area (Å²) in [5.41, 5.74) is 1.13. The third kappa shape index (κ3) is 10.6. The zero-order chi connectivity index (χ0) is 35.8. The van der Waals surface area contributed by atoms with E-state index in [2.05, 4.69) is 19.8 Å². The van der Waals surface area contributed by atoms with Crippen LogP contribution in [0.25, 0.3) is 0 Å². The summed E-state index contributed by atoms with van der Waals surface area (Å²) in [6.45, 7) is 4.89. The van der Waals surface area contributed by atoms with Crippen LogP contribution in [-0.2, 0) is 26.7 Å². The molecule has 1 amide bonds. The Morgan fingerprint density at radius 3 is 2.27 bits per heavy atom. The highest BCUT2D eigenvalue weighted by Gasteiger charge is 2.33. The zero-order valence-electron chi connectivity index (χ0n) is 28.1. The Hall–Kier alpha value is -4.44. The Bertz CT molecular complexity index is 1870. The number of hydrogen-bond donors (Lipinski definition) is 1. The molecular formula is C36H39ClF3N5O6S. The van der Waals surface area contributed by atoms with Crippen LogP contribution in [0.3, 0.4) is 0 Å². The zero-order valence-corrected chi connectivity index (χ0v) is 29.8. The molecule has 1 N–H and O–H groups in total. The number of carbonyl (C=O) groups is 1. The Kier molecular flexibility index (Phi) is 13.0. The average molecular weight is 762 g/mol. The number of carbonyl (C=O) groups excluding carboxylic acids is 1. The highest BCUT2D eigenvalue weighted by atomic mass is 35.5. The van der Waals surface area contributed by atoms with Crippen LogP contribution < -0.4 is 14.2 Å². The summed E-state index contributed by atoms with van der Waals surface area (Å²) in [5.74, 6) is 0.428. The van der Waals surface area contributed by atoms with E-state index in [0.717, 1.165) is 30.8 Å². The van der Waals surface area contributed by atoms with Gasteiger partial charge in [-0.2, -0.15) is 13.2 Å². The first-order valence-corrected chi connectivity index (χ1v) is 18.3. The molecule has 0 atom stereocenters. The first-order chi connectivity index (χ1) is 24.5. The lowest BCUT2D eigenvalue weighted by molar-refractivity contribution is -0.141. The number of nitrogens with one attached hydrogen (secondary N) is 1. The van der Waals surface area contributed by atoms with E-state index >= 15 is 0 Å². The Morgan fingerprint density at radius 2 is 1.62 bits per heavy atom. The van der Waals surface area contributed by atoms with Gasteiger partial charge >= 0.3 is 6.18 Å². The summed E-state index contributed by atoms with van der Waals surface area (Å²) in [4.78, 5) is 17.6. The molecule has 0 spiro atoms. The number of alkyl halides is 3. The van der Waals surface area contributed by atoms with Crippen LogP contribution >= 0.6 is 12.4 Å². The van der Waals surface area contributed by atoms with Gasteiger partial charge in [0.25, 0.3) is 5.91 Å². The summed E-state index contributed by atoms with van der Waals surface area (Å²) in [7, 11) is -3.83. The van der Waals surface area contributed by atoms with E-state index in [1.165, 1.54) is 0 Å². The van der Waals surface area contributed by atoms with E-state index in [0.29, 0.717) is 74.9 Å². The molecule has 52 heavy (non-hydrogen) atoms. The van der Waals surface area contributed by atoms with Crippen LogP contribution in [0.4, 0.5) is 18.9 Å². The van der Waals surface area contributed by atoms with Crippen molar-refractivity contribution >= 4 is 34.0 Å². The predicted molar refractivity (Wildman–Crippen MR) is 191 cm³/mol. The summed E-state index contributed by atoms with van der Waals surface area (Å²) in [6.07, 6.45) is -3.17. The van der Waals surface area contributed by atoms with Crippen LogP contribution in [0.5, 0.6) is 17.4 Å². The molecule has 16 heteroatoms. The number of nitrogens with zero attached hydrogens (tertiary/aromatic N) is 4. The van der Waals surface area contributed by atoms with Crippen molar-refractivity contribution in [3.8, 4) is 17.4 Å². The maximum atomic E-state index is 13.7. The van der Waals surface area contributed by atoms with E-state index in [9.17, 15) is 26.4 Å². The van der Waals surface area contributed by atoms with Crippen molar-refractivity contribution in [2.75, 3.05) is 57.3 Å². The SMILES string of the molecule is Cl.O=C(c1ccc(OCCN2CCOCC2)c(NS(=O)(=O)Cc2ccccc2)c1)N1CCC(c2ccc(Oc3ccc(C(F)(F)F)nn3)cc2)CC1. The number of rotatable bonds is 12. The minimum Gasteiger partial charge on any atom is -0.490 e. The van der Waals surface area contributed by atoms with Gasteiger partial charge in [0.1, 0.15) is 18.1 Å². The number of morpholine rings is 1. The van der Waals surface area contributed by atoms with E-state index in [-0.39, 0.29) is 41.6 Å².